The summed E-state index contributed by atoms with van der Waals surface area (Å²) in [5, 5.41) is 3.24. The average Bonchev–Trinajstić information content (AvgIpc) is 3.23. The highest BCUT2D eigenvalue weighted by atomic mass is 16.5. The Bertz CT molecular complexity index is 1600. The number of aromatic nitrogens is 2. The van der Waals surface area contributed by atoms with E-state index >= 15 is 0 Å². The first-order valence-electron chi connectivity index (χ1n) is 10.3. The molecule has 0 unspecified atom stereocenters. The van der Waals surface area contributed by atoms with Crippen molar-refractivity contribution in [1.82, 2.24) is 9.55 Å². The number of para-hydroxylation sites is 1. The molecular formula is C25H19N3O5. The number of rotatable bonds is 6. The maximum atomic E-state index is 12.8. The second-order valence-electron chi connectivity index (χ2n) is 7.66. The Hall–Kier alpha value is -4.46. The summed E-state index contributed by atoms with van der Waals surface area (Å²) in [5.41, 5.74) is 6.72. The van der Waals surface area contributed by atoms with Crippen LogP contribution in [0.5, 0.6) is 0 Å². The van der Waals surface area contributed by atoms with Gasteiger partial charge in [-0.05, 0) is 29.0 Å². The maximum absolute atomic E-state index is 12.8. The number of ether oxygens (including phenoxy) is 1. The molecule has 8 nitrogen and oxygen atoms in total. The van der Waals surface area contributed by atoms with Crippen LogP contribution in [-0.4, -0.2) is 21.4 Å². The van der Waals surface area contributed by atoms with Crippen molar-refractivity contribution in [3.63, 3.8) is 0 Å². The molecule has 0 saturated carbocycles. The molecule has 0 spiro atoms. The molecule has 0 aliphatic carbocycles. The maximum Gasteiger partial charge on any atom is 0.310 e. The van der Waals surface area contributed by atoms with Crippen LogP contribution >= 0.6 is 0 Å². The number of esters is 1. The van der Waals surface area contributed by atoms with Crippen LogP contribution in [0.25, 0.3) is 32.6 Å². The average molecular weight is 441 g/mol. The van der Waals surface area contributed by atoms with Crippen LogP contribution in [-0.2, 0) is 33.9 Å². The van der Waals surface area contributed by atoms with Crippen molar-refractivity contribution in [1.29, 1.82) is 0 Å². The molecule has 33 heavy (non-hydrogen) atoms. The van der Waals surface area contributed by atoms with Gasteiger partial charge in [-0.15, -0.1) is 0 Å². The fourth-order valence-corrected chi connectivity index (χ4v) is 4.00. The van der Waals surface area contributed by atoms with Crippen LogP contribution in [0.4, 0.5) is 0 Å². The largest absolute Gasteiger partial charge is 0.464 e. The third kappa shape index (κ3) is 3.82. The lowest BCUT2D eigenvalue weighted by molar-refractivity contribution is -0.144. The molecule has 5 rings (SSSR count). The van der Waals surface area contributed by atoms with Crippen molar-refractivity contribution >= 4 is 44.5 Å². The van der Waals surface area contributed by atoms with E-state index in [0.29, 0.717) is 22.0 Å². The molecule has 0 bridgehead atoms. The summed E-state index contributed by atoms with van der Waals surface area (Å²) in [6.45, 7) is -0.634. The summed E-state index contributed by atoms with van der Waals surface area (Å²) in [4.78, 5) is 41.4. The SMILES string of the molecule is NC(=O)Cn1c(COC(=O)Cc2coc3ccc4ccccc4c23)nc2ccccc2c1=O. The number of carbonyl (C=O) groups is 2. The minimum atomic E-state index is -0.696. The topological polar surface area (TPSA) is 117 Å². The van der Waals surface area contributed by atoms with Crippen molar-refractivity contribution < 1.29 is 18.7 Å². The molecule has 8 heteroatoms. The van der Waals surface area contributed by atoms with Gasteiger partial charge in [0, 0.05) is 10.9 Å². The van der Waals surface area contributed by atoms with E-state index in [0.717, 1.165) is 20.7 Å². The van der Waals surface area contributed by atoms with Gasteiger partial charge >= 0.3 is 5.97 Å². The van der Waals surface area contributed by atoms with Gasteiger partial charge in [0.25, 0.3) is 5.56 Å². The Labute approximate surface area is 187 Å². The van der Waals surface area contributed by atoms with Crippen molar-refractivity contribution in [2.24, 2.45) is 5.73 Å². The number of nitrogens with zero attached hydrogens (tertiary/aromatic N) is 2. The summed E-state index contributed by atoms with van der Waals surface area (Å²) in [5.74, 6) is -1.06. The minimum absolute atomic E-state index is 0.0192. The van der Waals surface area contributed by atoms with E-state index in [4.69, 9.17) is 14.9 Å². The third-order valence-corrected chi connectivity index (χ3v) is 5.49. The molecule has 0 aliphatic heterocycles. The Balaban J connectivity index is 1.42. The van der Waals surface area contributed by atoms with E-state index in [1.165, 1.54) is 0 Å². The molecule has 5 aromatic rings. The lowest BCUT2D eigenvalue weighted by Crippen LogP contribution is -2.32. The summed E-state index contributed by atoms with van der Waals surface area (Å²) in [7, 11) is 0. The number of carbonyl (C=O) groups excluding carboxylic acids is 2. The lowest BCUT2D eigenvalue weighted by atomic mass is 10.0. The predicted octanol–water partition coefficient (Wildman–Crippen LogP) is 3.07. The monoisotopic (exact) mass is 441 g/mol. The van der Waals surface area contributed by atoms with E-state index in [9.17, 15) is 14.4 Å². The number of primary amides is 1. The van der Waals surface area contributed by atoms with E-state index in [-0.39, 0.29) is 25.4 Å². The number of hydrogen-bond acceptors (Lipinski definition) is 6. The second-order valence-corrected chi connectivity index (χ2v) is 7.66. The lowest BCUT2D eigenvalue weighted by Gasteiger charge is -2.12. The van der Waals surface area contributed by atoms with Gasteiger partial charge in [0.2, 0.25) is 5.91 Å². The van der Waals surface area contributed by atoms with E-state index in [2.05, 4.69) is 4.98 Å². The number of fused-ring (bicyclic) bond motifs is 4. The number of benzene rings is 3. The molecule has 0 saturated heterocycles. The zero-order valence-corrected chi connectivity index (χ0v) is 17.5. The van der Waals surface area contributed by atoms with Crippen LogP contribution < -0.4 is 11.3 Å². The molecule has 0 radical (unpaired) electrons. The van der Waals surface area contributed by atoms with Gasteiger partial charge in [0.15, 0.2) is 5.82 Å². The molecule has 2 aromatic heterocycles. The third-order valence-electron chi connectivity index (χ3n) is 5.49. The standard InChI is InChI=1S/C25H19N3O5/c26-21(29)12-28-22(27-19-8-4-3-7-18(19)25(28)31)14-33-23(30)11-16-13-32-20-10-9-15-5-1-2-6-17(15)24(16)20/h1-10,13H,11-12,14H2,(H2,26,29). The Kier molecular flexibility index (Phi) is 5.10. The molecule has 0 atom stereocenters. The number of amides is 1. The molecule has 2 N–H and O–H groups in total. The highest BCUT2D eigenvalue weighted by Gasteiger charge is 2.17. The van der Waals surface area contributed by atoms with Crippen LogP contribution in [0.3, 0.4) is 0 Å². The molecule has 1 amide bonds. The summed E-state index contributed by atoms with van der Waals surface area (Å²) in [6, 6.07) is 18.4. The zero-order valence-electron chi connectivity index (χ0n) is 17.5. The second kappa shape index (κ2) is 8.23. The normalized spacial score (nSPS) is 11.3. The van der Waals surface area contributed by atoms with Crippen LogP contribution in [0.1, 0.15) is 11.4 Å². The Morgan fingerprint density at radius 3 is 2.58 bits per heavy atom. The molecule has 2 heterocycles. The number of nitrogens with two attached hydrogens (primary N) is 1. The van der Waals surface area contributed by atoms with E-state index in [1.807, 2.05) is 36.4 Å². The first-order valence-corrected chi connectivity index (χ1v) is 10.3. The molecule has 164 valence electrons. The Morgan fingerprint density at radius 2 is 1.76 bits per heavy atom. The van der Waals surface area contributed by atoms with Gasteiger partial charge in [-0.2, -0.15) is 0 Å². The van der Waals surface area contributed by atoms with Gasteiger partial charge in [-0.1, -0.05) is 42.5 Å². The fourth-order valence-electron chi connectivity index (χ4n) is 4.00. The van der Waals surface area contributed by atoms with Crippen molar-refractivity contribution in [2.45, 2.75) is 19.6 Å². The van der Waals surface area contributed by atoms with Gasteiger partial charge in [0.05, 0.1) is 23.6 Å². The van der Waals surface area contributed by atoms with Crippen LogP contribution in [0.15, 0.2) is 76.1 Å². The molecule has 3 aromatic carbocycles. The minimum Gasteiger partial charge on any atom is -0.464 e. The van der Waals surface area contributed by atoms with E-state index in [1.54, 1.807) is 30.5 Å². The van der Waals surface area contributed by atoms with Crippen molar-refractivity contribution in [3.8, 4) is 0 Å². The van der Waals surface area contributed by atoms with Gasteiger partial charge < -0.3 is 14.9 Å². The first-order chi connectivity index (χ1) is 16.0. The van der Waals surface area contributed by atoms with Gasteiger partial charge in [-0.25, -0.2) is 4.98 Å². The van der Waals surface area contributed by atoms with Crippen molar-refractivity contribution in [3.05, 3.63) is 88.7 Å². The zero-order chi connectivity index (χ0) is 22.9. The molecular weight excluding hydrogens is 422 g/mol. The summed E-state index contributed by atoms with van der Waals surface area (Å²) < 4.78 is 12.2. The molecule has 0 aliphatic rings. The highest BCUT2D eigenvalue weighted by Crippen LogP contribution is 2.30. The van der Waals surface area contributed by atoms with Crippen LogP contribution in [0.2, 0.25) is 0 Å². The summed E-state index contributed by atoms with van der Waals surface area (Å²) in [6.07, 6.45) is 1.53. The summed E-state index contributed by atoms with van der Waals surface area (Å²) >= 11 is 0. The Morgan fingerprint density at radius 1 is 1.00 bits per heavy atom. The van der Waals surface area contributed by atoms with Crippen LogP contribution in [0, 0.1) is 0 Å². The molecule has 0 fully saturated rings. The highest BCUT2D eigenvalue weighted by molar-refractivity contribution is 6.08. The predicted molar refractivity (Wildman–Crippen MR) is 122 cm³/mol. The van der Waals surface area contributed by atoms with Gasteiger partial charge in [-0.3, -0.25) is 19.0 Å². The number of hydrogen-bond donors (Lipinski definition) is 1. The smallest absolute Gasteiger partial charge is 0.310 e. The quantitative estimate of drug-likeness (QED) is 0.405. The first kappa shape index (κ1) is 20.4. The van der Waals surface area contributed by atoms with Gasteiger partial charge in [0.1, 0.15) is 18.7 Å². The van der Waals surface area contributed by atoms with Crippen molar-refractivity contribution in [2.75, 3.05) is 0 Å². The fraction of sp³-hybridized carbons (Fsp3) is 0.120. The number of furan rings is 1. The van der Waals surface area contributed by atoms with E-state index < -0.39 is 17.4 Å².